The predicted octanol–water partition coefficient (Wildman–Crippen LogP) is 1.25. The number of anilines is 1. The van der Waals surface area contributed by atoms with Gasteiger partial charge in [0.25, 0.3) is 0 Å². The van der Waals surface area contributed by atoms with E-state index in [4.69, 9.17) is 5.73 Å². The predicted molar refractivity (Wildman–Crippen MR) is 71.2 cm³/mol. The standard InChI is InChI=1S/C12H17FN2O2S/c1-2-9(14)7-18(17)8-12(16)15-11-6-4-3-5-10(11)13/h3-6,9H,2,7-8,14H2,1H3,(H,15,16). The van der Waals surface area contributed by atoms with Crippen LogP contribution in [0.5, 0.6) is 0 Å². The van der Waals surface area contributed by atoms with Crippen LogP contribution in [-0.2, 0) is 15.6 Å². The number of benzene rings is 1. The third kappa shape index (κ3) is 4.93. The first kappa shape index (κ1) is 14.8. The van der Waals surface area contributed by atoms with Gasteiger partial charge in [-0.25, -0.2) is 4.39 Å². The largest absolute Gasteiger partial charge is 0.327 e. The smallest absolute Gasteiger partial charge is 0.237 e. The van der Waals surface area contributed by atoms with Gasteiger partial charge in [-0.05, 0) is 18.6 Å². The fourth-order valence-electron chi connectivity index (χ4n) is 1.31. The maximum Gasteiger partial charge on any atom is 0.237 e. The van der Waals surface area contributed by atoms with Gasteiger partial charge in [-0.1, -0.05) is 19.1 Å². The lowest BCUT2D eigenvalue weighted by molar-refractivity contribution is -0.113. The quantitative estimate of drug-likeness (QED) is 0.818. The molecule has 4 nitrogen and oxygen atoms in total. The van der Waals surface area contributed by atoms with Crippen molar-refractivity contribution in [1.82, 2.24) is 0 Å². The van der Waals surface area contributed by atoms with E-state index in [-0.39, 0.29) is 23.2 Å². The first-order chi connectivity index (χ1) is 8.52. The Bertz CT molecular complexity index is 440. The van der Waals surface area contributed by atoms with Gasteiger partial charge in [0.15, 0.2) is 0 Å². The van der Waals surface area contributed by atoms with E-state index in [2.05, 4.69) is 5.32 Å². The monoisotopic (exact) mass is 272 g/mol. The molecule has 0 bridgehead atoms. The number of nitrogens with one attached hydrogen (secondary N) is 1. The third-order valence-electron chi connectivity index (χ3n) is 2.36. The number of hydrogen-bond acceptors (Lipinski definition) is 3. The Morgan fingerprint density at radius 1 is 1.50 bits per heavy atom. The molecule has 0 aliphatic heterocycles. The van der Waals surface area contributed by atoms with Crippen molar-refractivity contribution >= 4 is 22.4 Å². The van der Waals surface area contributed by atoms with Crippen LogP contribution in [0.15, 0.2) is 24.3 Å². The van der Waals surface area contributed by atoms with Gasteiger partial charge < -0.3 is 11.1 Å². The second-order valence-electron chi connectivity index (χ2n) is 3.95. The summed E-state index contributed by atoms with van der Waals surface area (Å²) in [6, 6.07) is 5.67. The van der Waals surface area contributed by atoms with Crippen LogP contribution < -0.4 is 11.1 Å². The number of carbonyl (C=O) groups excluding carboxylic acids is 1. The number of rotatable bonds is 6. The summed E-state index contributed by atoms with van der Waals surface area (Å²) in [7, 11) is -1.32. The molecular weight excluding hydrogens is 255 g/mol. The van der Waals surface area contributed by atoms with Gasteiger partial charge >= 0.3 is 0 Å². The molecule has 1 amide bonds. The molecule has 18 heavy (non-hydrogen) atoms. The number of hydrogen-bond donors (Lipinski definition) is 2. The van der Waals surface area contributed by atoms with E-state index in [1.807, 2.05) is 6.92 Å². The van der Waals surface area contributed by atoms with Crippen LogP contribution in [0.3, 0.4) is 0 Å². The van der Waals surface area contributed by atoms with Gasteiger partial charge in [-0.2, -0.15) is 0 Å². The van der Waals surface area contributed by atoms with Crippen LogP contribution in [0.25, 0.3) is 0 Å². The summed E-state index contributed by atoms with van der Waals surface area (Å²) in [5.74, 6) is -0.868. The van der Waals surface area contributed by atoms with E-state index in [1.165, 1.54) is 18.2 Å². The Labute approximate surface area is 108 Å². The van der Waals surface area contributed by atoms with Crippen LogP contribution in [0.2, 0.25) is 0 Å². The number of amides is 1. The molecule has 2 unspecified atom stereocenters. The van der Waals surface area contributed by atoms with E-state index >= 15 is 0 Å². The van der Waals surface area contributed by atoms with E-state index in [0.29, 0.717) is 6.42 Å². The average molecular weight is 272 g/mol. The Hall–Kier alpha value is -1.27. The molecule has 1 aromatic rings. The summed E-state index contributed by atoms with van der Waals surface area (Å²) >= 11 is 0. The number of nitrogens with two attached hydrogens (primary N) is 1. The Morgan fingerprint density at radius 3 is 2.78 bits per heavy atom. The van der Waals surface area contributed by atoms with Crippen molar-refractivity contribution in [2.45, 2.75) is 19.4 Å². The normalized spacial score (nSPS) is 13.9. The minimum absolute atomic E-state index is 0.0966. The van der Waals surface area contributed by atoms with Gasteiger partial charge in [0, 0.05) is 22.6 Å². The number of para-hydroxylation sites is 1. The summed E-state index contributed by atoms with van der Waals surface area (Å²) in [4.78, 5) is 11.5. The van der Waals surface area contributed by atoms with Gasteiger partial charge in [-0.3, -0.25) is 9.00 Å². The van der Waals surface area contributed by atoms with Gasteiger partial charge in [-0.15, -0.1) is 0 Å². The summed E-state index contributed by atoms with van der Waals surface area (Å²) in [6.45, 7) is 1.89. The highest BCUT2D eigenvalue weighted by molar-refractivity contribution is 7.85. The van der Waals surface area contributed by atoms with E-state index in [1.54, 1.807) is 6.07 Å². The molecule has 0 aromatic heterocycles. The lowest BCUT2D eigenvalue weighted by Crippen LogP contribution is -2.30. The Morgan fingerprint density at radius 2 is 2.17 bits per heavy atom. The minimum Gasteiger partial charge on any atom is -0.327 e. The molecule has 1 rings (SSSR count). The van der Waals surface area contributed by atoms with E-state index in [0.717, 1.165) is 0 Å². The van der Waals surface area contributed by atoms with Crippen LogP contribution in [0, 0.1) is 5.82 Å². The second kappa shape index (κ2) is 7.23. The molecule has 100 valence electrons. The highest BCUT2D eigenvalue weighted by Crippen LogP contribution is 2.12. The van der Waals surface area contributed by atoms with E-state index in [9.17, 15) is 13.4 Å². The van der Waals surface area contributed by atoms with Crippen molar-refractivity contribution < 1.29 is 13.4 Å². The van der Waals surface area contributed by atoms with Crippen molar-refractivity contribution in [3.05, 3.63) is 30.1 Å². The van der Waals surface area contributed by atoms with Crippen LogP contribution in [0.1, 0.15) is 13.3 Å². The lowest BCUT2D eigenvalue weighted by Gasteiger charge is -2.09. The highest BCUT2D eigenvalue weighted by Gasteiger charge is 2.12. The number of carbonyl (C=O) groups is 1. The molecule has 1 aromatic carbocycles. The summed E-state index contributed by atoms with van der Waals surface area (Å²) in [5.41, 5.74) is 5.74. The fourth-order valence-corrected chi connectivity index (χ4v) is 2.51. The van der Waals surface area contributed by atoms with Crippen molar-refractivity contribution in [3.8, 4) is 0 Å². The molecule has 2 atom stereocenters. The van der Waals surface area contributed by atoms with E-state index < -0.39 is 22.5 Å². The molecule has 0 aliphatic rings. The van der Waals surface area contributed by atoms with Gasteiger partial charge in [0.05, 0.1) is 5.69 Å². The van der Waals surface area contributed by atoms with Crippen molar-refractivity contribution in [3.63, 3.8) is 0 Å². The minimum atomic E-state index is -1.32. The Kier molecular flexibility index (Phi) is 5.94. The molecule has 0 radical (unpaired) electrons. The summed E-state index contributed by atoms with van der Waals surface area (Å²) in [5, 5.41) is 2.38. The molecule has 6 heteroatoms. The van der Waals surface area contributed by atoms with Crippen molar-refractivity contribution in [2.24, 2.45) is 5.73 Å². The maximum atomic E-state index is 13.2. The Balaban J connectivity index is 2.47. The molecule has 0 heterocycles. The second-order valence-corrected chi connectivity index (χ2v) is 5.45. The highest BCUT2D eigenvalue weighted by atomic mass is 32.2. The number of halogens is 1. The van der Waals surface area contributed by atoms with Crippen LogP contribution in [-0.4, -0.2) is 27.7 Å². The first-order valence-corrected chi connectivity index (χ1v) is 7.16. The molecule has 3 N–H and O–H groups in total. The van der Waals surface area contributed by atoms with Crippen molar-refractivity contribution in [2.75, 3.05) is 16.8 Å². The SMILES string of the molecule is CCC(N)CS(=O)CC(=O)Nc1ccccc1F. The molecule has 0 spiro atoms. The van der Waals surface area contributed by atoms with Gasteiger partial charge in [0.2, 0.25) is 5.91 Å². The van der Waals surface area contributed by atoms with Crippen LogP contribution >= 0.6 is 0 Å². The lowest BCUT2D eigenvalue weighted by atomic mass is 10.3. The maximum absolute atomic E-state index is 13.2. The van der Waals surface area contributed by atoms with Crippen molar-refractivity contribution in [1.29, 1.82) is 0 Å². The topological polar surface area (TPSA) is 72.2 Å². The summed E-state index contributed by atoms with van der Waals surface area (Å²) in [6.07, 6.45) is 0.709. The summed E-state index contributed by atoms with van der Waals surface area (Å²) < 4.78 is 24.8. The molecule has 0 fully saturated rings. The zero-order chi connectivity index (χ0) is 13.5. The zero-order valence-electron chi connectivity index (χ0n) is 10.2. The molecule has 0 saturated heterocycles. The van der Waals surface area contributed by atoms with Crippen LogP contribution in [0.4, 0.5) is 10.1 Å². The van der Waals surface area contributed by atoms with Gasteiger partial charge in [0.1, 0.15) is 11.6 Å². The first-order valence-electron chi connectivity index (χ1n) is 5.67. The molecule has 0 aliphatic carbocycles. The molecular formula is C12H17FN2O2S. The average Bonchev–Trinajstić information content (AvgIpc) is 2.31. The molecule has 0 saturated carbocycles. The third-order valence-corrected chi connectivity index (χ3v) is 3.75. The zero-order valence-corrected chi connectivity index (χ0v) is 11.0. The fraction of sp³-hybridized carbons (Fsp3) is 0.417.